The average Bonchev–Trinajstić information content (AvgIpc) is 2.97. The number of hydrogen-bond acceptors (Lipinski definition) is 4. The largest absolute Gasteiger partial charge is 0.441 e. The first-order valence-corrected chi connectivity index (χ1v) is 11.1. The molecule has 0 bridgehead atoms. The highest BCUT2D eigenvalue weighted by molar-refractivity contribution is 7.99. The molecule has 2 saturated heterocycles. The third-order valence-corrected chi connectivity index (χ3v) is 6.65. The van der Waals surface area contributed by atoms with E-state index in [1.54, 1.807) is 11.8 Å². The van der Waals surface area contributed by atoms with Crippen LogP contribution in [-0.2, 0) is 9.53 Å². The molecule has 2 fully saturated rings. The van der Waals surface area contributed by atoms with Gasteiger partial charge in [-0.25, -0.2) is 4.79 Å². The fourth-order valence-corrected chi connectivity index (χ4v) is 4.66. The van der Waals surface area contributed by atoms with Gasteiger partial charge in [0.2, 0.25) is 5.91 Å². The Labute approximate surface area is 166 Å². The second-order valence-electron chi connectivity index (χ2n) is 7.68. The number of amides is 2. The van der Waals surface area contributed by atoms with Crippen molar-refractivity contribution in [3.05, 3.63) is 35.9 Å². The molecule has 2 aliphatic rings. The van der Waals surface area contributed by atoms with Crippen LogP contribution in [0.5, 0.6) is 0 Å². The fraction of sp³-hybridized carbons (Fsp3) is 0.619. The molecule has 3 rings (SSSR count). The van der Waals surface area contributed by atoms with Gasteiger partial charge < -0.3 is 14.5 Å². The number of rotatable bonds is 7. The summed E-state index contributed by atoms with van der Waals surface area (Å²) in [4.78, 5) is 28.5. The predicted molar refractivity (Wildman–Crippen MR) is 109 cm³/mol. The first-order chi connectivity index (χ1) is 13.0. The van der Waals surface area contributed by atoms with Crippen LogP contribution in [0.2, 0.25) is 0 Å². The van der Waals surface area contributed by atoms with Gasteiger partial charge in [0, 0.05) is 32.5 Å². The van der Waals surface area contributed by atoms with Crippen molar-refractivity contribution in [2.24, 2.45) is 0 Å². The van der Waals surface area contributed by atoms with Crippen molar-refractivity contribution in [2.75, 3.05) is 37.7 Å². The third-order valence-electron chi connectivity index (χ3n) is 5.51. The van der Waals surface area contributed by atoms with Crippen molar-refractivity contribution in [3.63, 3.8) is 0 Å². The Balaban J connectivity index is 1.51. The molecule has 0 saturated carbocycles. The smallest absolute Gasteiger partial charge is 0.410 e. The lowest BCUT2D eigenvalue weighted by molar-refractivity contribution is -0.131. The highest BCUT2D eigenvalue weighted by atomic mass is 32.2. The van der Waals surface area contributed by atoms with Gasteiger partial charge >= 0.3 is 6.09 Å². The SMILES string of the molecule is CCCSCC(=O)N1CCC2(CC1)CN(CC(C)c1ccccc1)C(=O)O2. The number of hydrogen-bond donors (Lipinski definition) is 0. The van der Waals surface area contributed by atoms with Crippen LogP contribution in [0, 0.1) is 0 Å². The summed E-state index contributed by atoms with van der Waals surface area (Å²) in [5.74, 6) is 2.06. The molecule has 5 nitrogen and oxygen atoms in total. The van der Waals surface area contributed by atoms with Crippen molar-refractivity contribution in [1.82, 2.24) is 9.80 Å². The summed E-state index contributed by atoms with van der Waals surface area (Å²) >= 11 is 1.70. The summed E-state index contributed by atoms with van der Waals surface area (Å²) in [6.45, 7) is 6.93. The van der Waals surface area contributed by atoms with E-state index >= 15 is 0 Å². The second kappa shape index (κ2) is 9.00. The lowest BCUT2D eigenvalue weighted by Gasteiger charge is -2.37. The van der Waals surface area contributed by atoms with Crippen molar-refractivity contribution < 1.29 is 14.3 Å². The zero-order valence-electron chi connectivity index (χ0n) is 16.4. The van der Waals surface area contributed by atoms with Crippen molar-refractivity contribution in [1.29, 1.82) is 0 Å². The van der Waals surface area contributed by atoms with E-state index in [9.17, 15) is 9.59 Å². The monoisotopic (exact) mass is 390 g/mol. The van der Waals surface area contributed by atoms with Crippen LogP contribution in [0.25, 0.3) is 0 Å². The number of benzene rings is 1. The molecule has 0 N–H and O–H groups in total. The Hall–Kier alpha value is -1.69. The van der Waals surface area contributed by atoms with Gasteiger partial charge in [0.25, 0.3) is 0 Å². The molecule has 27 heavy (non-hydrogen) atoms. The maximum Gasteiger partial charge on any atom is 0.410 e. The van der Waals surface area contributed by atoms with Crippen LogP contribution in [0.15, 0.2) is 30.3 Å². The molecule has 0 radical (unpaired) electrons. The summed E-state index contributed by atoms with van der Waals surface area (Å²) in [5.41, 5.74) is 0.817. The van der Waals surface area contributed by atoms with Crippen LogP contribution in [0.1, 0.15) is 44.6 Å². The molecule has 148 valence electrons. The van der Waals surface area contributed by atoms with Gasteiger partial charge in [-0.05, 0) is 23.7 Å². The first-order valence-electron chi connectivity index (χ1n) is 9.91. The Morgan fingerprint density at radius 3 is 2.63 bits per heavy atom. The summed E-state index contributed by atoms with van der Waals surface area (Å²) in [5, 5.41) is 0. The van der Waals surface area contributed by atoms with E-state index < -0.39 is 5.60 Å². The van der Waals surface area contributed by atoms with E-state index in [1.165, 1.54) is 5.56 Å². The molecule has 6 heteroatoms. The fourth-order valence-electron chi connectivity index (χ4n) is 3.87. The zero-order valence-corrected chi connectivity index (χ0v) is 17.2. The number of ether oxygens (including phenoxy) is 1. The summed E-state index contributed by atoms with van der Waals surface area (Å²) in [7, 11) is 0. The Morgan fingerprint density at radius 1 is 1.26 bits per heavy atom. The molecule has 2 amide bonds. The number of carbonyl (C=O) groups excluding carboxylic acids is 2. The molecular formula is C21H30N2O3S. The van der Waals surface area contributed by atoms with E-state index in [0.717, 1.165) is 25.0 Å². The van der Waals surface area contributed by atoms with Crippen molar-refractivity contribution in [2.45, 2.75) is 44.6 Å². The van der Waals surface area contributed by atoms with Crippen LogP contribution in [0.4, 0.5) is 4.79 Å². The standard InChI is InChI=1S/C21H30N2O3S/c1-3-13-27-15-19(24)22-11-9-21(10-12-22)16-23(20(25)26-21)14-17(2)18-7-5-4-6-8-18/h4-8,17H,3,9-16H2,1-2H3. The van der Waals surface area contributed by atoms with Crippen LogP contribution < -0.4 is 0 Å². The summed E-state index contributed by atoms with van der Waals surface area (Å²) in [6, 6.07) is 10.3. The lowest BCUT2D eigenvalue weighted by Crippen LogP contribution is -2.49. The number of nitrogens with zero attached hydrogens (tertiary/aromatic N) is 2. The molecule has 2 heterocycles. The second-order valence-corrected chi connectivity index (χ2v) is 8.78. The number of likely N-dealkylation sites (tertiary alicyclic amines) is 1. The molecule has 1 atom stereocenters. The van der Waals surface area contributed by atoms with E-state index in [0.29, 0.717) is 31.9 Å². The van der Waals surface area contributed by atoms with Gasteiger partial charge in [0.05, 0.1) is 12.3 Å². The van der Waals surface area contributed by atoms with Crippen LogP contribution in [0.3, 0.4) is 0 Å². The minimum Gasteiger partial charge on any atom is -0.441 e. The number of thioether (sulfide) groups is 1. The molecule has 2 aliphatic heterocycles. The molecule has 1 unspecified atom stereocenters. The number of piperidine rings is 1. The van der Waals surface area contributed by atoms with Gasteiger partial charge in [-0.1, -0.05) is 44.2 Å². The van der Waals surface area contributed by atoms with Gasteiger partial charge in [0.1, 0.15) is 5.60 Å². The lowest BCUT2D eigenvalue weighted by atomic mass is 9.91. The maximum atomic E-state index is 12.4. The molecule has 0 aliphatic carbocycles. The highest BCUT2D eigenvalue weighted by Crippen LogP contribution is 2.34. The normalized spacial score (nSPS) is 20.0. The van der Waals surface area contributed by atoms with E-state index in [-0.39, 0.29) is 17.9 Å². The maximum absolute atomic E-state index is 12.4. The van der Waals surface area contributed by atoms with Gasteiger partial charge in [-0.2, -0.15) is 11.8 Å². The van der Waals surface area contributed by atoms with E-state index in [1.807, 2.05) is 28.0 Å². The first kappa shape index (κ1) is 20.1. The van der Waals surface area contributed by atoms with Crippen molar-refractivity contribution >= 4 is 23.8 Å². The van der Waals surface area contributed by atoms with E-state index in [4.69, 9.17) is 4.74 Å². The van der Waals surface area contributed by atoms with Gasteiger partial charge in [-0.15, -0.1) is 0 Å². The van der Waals surface area contributed by atoms with Crippen LogP contribution >= 0.6 is 11.8 Å². The zero-order chi connectivity index (χ0) is 19.3. The summed E-state index contributed by atoms with van der Waals surface area (Å²) in [6.07, 6.45) is 2.35. The average molecular weight is 391 g/mol. The minimum atomic E-state index is -0.416. The third kappa shape index (κ3) is 4.98. The summed E-state index contributed by atoms with van der Waals surface area (Å²) < 4.78 is 5.81. The van der Waals surface area contributed by atoms with Gasteiger partial charge in [0.15, 0.2) is 0 Å². The highest BCUT2D eigenvalue weighted by Gasteiger charge is 2.47. The van der Waals surface area contributed by atoms with Gasteiger partial charge in [-0.3, -0.25) is 4.79 Å². The quantitative estimate of drug-likeness (QED) is 0.666. The Kier molecular flexibility index (Phi) is 6.68. The molecular weight excluding hydrogens is 360 g/mol. The number of carbonyl (C=O) groups is 2. The van der Waals surface area contributed by atoms with Crippen molar-refractivity contribution in [3.8, 4) is 0 Å². The Morgan fingerprint density at radius 2 is 1.96 bits per heavy atom. The Bertz CT molecular complexity index is 644. The molecule has 1 spiro atoms. The topological polar surface area (TPSA) is 49.9 Å². The van der Waals surface area contributed by atoms with E-state index in [2.05, 4.69) is 26.0 Å². The molecule has 1 aromatic rings. The van der Waals surface area contributed by atoms with Crippen LogP contribution in [-0.4, -0.2) is 65.1 Å². The minimum absolute atomic E-state index is 0.210. The predicted octanol–water partition coefficient (Wildman–Crippen LogP) is 3.75. The molecule has 1 aromatic carbocycles. The molecule has 0 aromatic heterocycles.